The lowest BCUT2D eigenvalue weighted by molar-refractivity contribution is 0.103. The highest BCUT2D eigenvalue weighted by Crippen LogP contribution is 2.31. The molecular weight excluding hydrogens is 354 g/mol. The quantitative estimate of drug-likeness (QED) is 0.455. The number of hydrogen-bond acceptors (Lipinski definition) is 3. The highest BCUT2D eigenvalue weighted by molar-refractivity contribution is 6.31. The van der Waals surface area contributed by atoms with Crippen LogP contribution in [0.3, 0.4) is 0 Å². The summed E-state index contributed by atoms with van der Waals surface area (Å²) in [5, 5.41) is 6.68. The molecule has 0 saturated heterocycles. The number of anilines is 1. The predicted octanol–water partition coefficient (Wildman–Crippen LogP) is 3.82. The van der Waals surface area contributed by atoms with E-state index in [2.05, 4.69) is 15.6 Å². The molecule has 2 aromatic carbocycles. The number of nitrogens with one attached hydrogen (secondary N) is 3. The maximum Gasteiger partial charge on any atom is 0.319 e. The van der Waals surface area contributed by atoms with Crippen molar-refractivity contribution >= 4 is 40.0 Å². The van der Waals surface area contributed by atoms with Gasteiger partial charge in [-0.1, -0.05) is 41.9 Å². The van der Waals surface area contributed by atoms with Gasteiger partial charge < -0.3 is 20.4 Å². The van der Waals surface area contributed by atoms with Crippen molar-refractivity contribution in [2.24, 2.45) is 0 Å². The minimum absolute atomic E-state index is 0.217. The predicted molar refractivity (Wildman–Crippen MR) is 102 cm³/mol. The van der Waals surface area contributed by atoms with Gasteiger partial charge in [0.05, 0.1) is 12.3 Å². The van der Waals surface area contributed by atoms with Gasteiger partial charge in [0.15, 0.2) is 0 Å². The zero-order valence-corrected chi connectivity index (χ0v) is 14.9. The molecule has 26 heavy (non-hydrogen) atoms. The van der Waals surface area contributed by atoms with E-state index < -0.39 is 6.03 Å². The monoisotopic (exact) mass is 371 g/mol. The first kappa shape index (κ1) is 18.0. The molecular formula is C19H18ClN3O3. The van der Waals surface area contributed by atoms with Gasteiger partial charge in [0.25, 0.3) is 0 Å². The Morgan fingerprint density at radius 3 is 2.65 bits per heavy atom. The van der Waals surface area contributed by atoms with Gasteiger partial charge in [-0.25, -0.2) is 4.79 Å². The van der Waals surface area contributed by atoms with Crippen LogP contribution < -0.4 is 10.6 Å². The van der Waals surface area contributed by atoms with Crippen molar-refractivity contribution in [3.8, 4) is 0 Å². The molecule has 3 aromatic rings. The number of halogens is 1. The summed E-state index contributed by atoms with van der Waals surface area (Å²) >= 11 is 6.05. The van der Waals surface area contributed by atoms with E-state index in [9.17, 15) is 9.59 Å². The SMILES string of the molecule is COCCNC(=O)Nc1c(C(=O)c2ccccc2)[nH]c2cc(Cl)ccc12. The number of H-pyrrole nitrogens is 1. The third-order valence-electron chi connectivity index (χ3n) is 3.85. The van der Waals surface area contributed by atoms with Gasteiger partial charge >= 0.3 is 6.03 Å². The topological polar surface area (TPSA) is 83.2 Å². The summed E-state index contributed by atoms with van der Waals surface area (Å²) in [5.41, 5.74) is 1.91. The number of urea groups is 1. The van der Waals surface area contributed by atoms with Crippen molar-refractivity contribution in [3.63, 3.8) is 0 Å². The first-order valence-corrected chi connectivity index (χ1v) is 8.42. The lowest BCUT2D eigenvalue weighted by atomic mass is 10.1. The van der Waals surface area contributed by atoms with Crippen LogP contribution in [0.2, 0.25) is 5.02 Å². The number of aromatic nitrogens is 1. The molecule has 1 heterocycles. The fourth-order valence-electron chi connectivity index (χ4n) is 2.63. The van der Waals surface area contributed by atoms with Crippen LogP contribution in [0.15, 0.2) is 48.5 Å². The highest BCUT2D eigenvalue weighted by atomic mass is 35.5. The summed E-state index contributed by atoms with van der Waals surface area (Å²) in [5.74, 6) is -0.217. The average Bonchev–Trinajstić information content (AvgIpc) is 2.99. The van der Waals surface area contributed by atoms with Gasteiger partial charge in [0.2, 0.25) is 5.78 Å². The Morgan fingerprint density at radius 1 is 1.15 bits per heavy atom. The molecule has 0 aliphatic carbocycles. The number of ketones is 1. The molecule has 0 spiro atoms. The molecule has 0 aliphatic rings. The minimum Gasteiger partial charge on any atom is -0.383 e. The first-order valence-electron chi connectivity index (χ1n) is 8.05. The minimum atomic E-state index is -0.417. The van der Waals surface area contributed by atoms with E-state index in [0.717, 1.165) is 0 Å². The molecule has 6 nitrogen and oxygen atoms in total. The highest BCUT2D eigenvalue weighted by Gasteiger charge is 2.20. The van der Waals surface area contributed by atoms with E-state index in [1.807, 2.05) is 6.07 Å². The Bertz CT molecular complexity index is 938. The molecule has 0 saturated carbocycles. The second-order valence-electron chi connectivity index (χ2n) is 5.63. The number of hydrogen-bond donors (Lipinski definition) is 3. The molecule has 2 amide bonds. The summed E-state index contributed by atoms with van der Waals surface area (Å²) in [6.45, 7) is 0.755. The molecule has 0 radical (unpaired) electrons. The number of methoxy groups -OCH3 is 1. The van der Waals surface area contributed by atoms with Crippen molar-refractivity contribution in [1.82, 2.24) is 10.3 Å². The molecule has 0 atom stereocenters. The molecule has 3 N–H and O–H groups in total. The van der Waals surface area contributed by atoms with Gasteiger partial charge in [-0.05, 0) is 18.2 Å². The van der Waals surface area contributed by atoms with Crippen LogP contribution in [0.5, 0.6) is 0 Å². The Labute approximate surface area is 155 Å². The average molecular weight is 372 g/mol. The van der Waals surface area contributed by atoms with Gasteiger partial charge in [-0.15, -0.1) is 0 Å². The second-order valence-corrected chi connectivity index (χ2v) is 6.07. The van der Waals surface area contributed by atoms with Crippen LogP contribution in [0.4, 0.5) is 10.5 Å². The third-order valence-corrected chi connectivity index (χ3v) is 4.09. The molecule has 0 fully saturated rings. The number of carbonyl (C=O) groups is 2. The van der Waals surface area contributed by atoms with Gasteiger partial charge in [0.1, 0.15) is 5.69 Å². The van der Waals surface area contributed by atoms with E-state index in [-0.39, 0.29) is 5.78 Å². The van der Waals surface area contributed by atoms with E-state index in [4.69, 9.17) is 16.3 Å². The zero-order chi connectivity index (χ0) is 18.5. The maximum atomic E-state index is 12.9. The van der Waals surface area contributed by atoms with E-state index in [0.29, 0.717) is 46.0 Å². The smallest absolute Gasteiger partial charge is 0.319 e. The molecule has 0 unspecified atom stereocenters. The summed E-state index contributed by atoms with van der Waals surface area (Å²) in [4.78, 5) is 28.2. The summed E-state index contributed by atoms with van der Waals surface area (Å²) in [6, 6.07) is 13.6. The number of carbonyl (C=O) groups excluding carboxylic acids is 2. The van der Waals surface area contributed by atoms with Crippen molar-refractivity contribution in [1.29, 1.82) is 0 Å². The van der Waals surface area contributed by atoms with Gasteiger partial charge in [-0.3, -0.25) is 4.79 Å². The van der Waals surface area contributed by atoms with Crippen molar-refractivity contribution in [3.05, 3.63) is 64.8 Å². The lowest BCUT2D eigenvalue weighted by Gasteiger charge is -2.09. The molecule has 134 valence electrons. The van der Waals surface area contributed by atoms with Gasteiger partial charge in [-0.2, -0.15) is 0 Å². The number of fused-ring (bicyclic) bond motifs is 1. The fraction of sp³-hybridized carbons (Fsp3) is 0.158. The van der Waals surface area contributed by atoms with Crippen LogP contribution in [-0.4, -0.2) is 37.1 Å². The van der Waals surface area contributed by atoms with Crippen molar-refractivity contribution in [2.45, 2.75) is 0 Å². The fourth-order valence-corrected chi connectivity index (χ4v) is 2.80. The van der Waals surface area contributed by atoms with Crippen molar-refractivity contribution in [2.75, 3.05) is 25.6 Å². The van der Waals surface area contributed by atoms with Crippen LogP contribution in [-0.2, 0) is 4.74 Å². The molecule has 0 aliphatic heterocycles. The van der Waals surface area contributed by atoms with Crippen LogP contribution in [0.25, 0.3) is 10.9 Å². The molecule has 7 heteroatoms. The Balaban J connectivity index is 1.99. The zero-order valence-electron chi connectivity index (χ0n) is 14.1. The summed E-state index contributed by atoms with van der Waals surface area (Å²) < 4.78 is 4.91. The number of rotatable bonds is 6. The van der Waals surface area contributed by atoms with Crippen LogP contribution >= 0.6 is 11.6 Å². The number of benzene rings is 2. The van der Waals surface area contributed by atoms with Crippen molar-refractivity contribution < 1.29 is 14.3 Å². The molecule has 0 bridgehead atoms. The van der Waals surface area contributed by atoms with Gasteiger partial charge in [0, 0.05) is 35.1 Å². The maximum absolute atomic E-state index is 12.9. The van der Waals surface area contributed by atoms with Crippen LogP contribution in [0, 0.1) is 0 Å². The number of amides is 2. The lowest BCUT2D eigenvalue weighted by Crippen LogP contribution is -2.31. The van der Waals surface area contributed by atoms with E-state index in [1.165, 1.54) is 0 Å². The second kappa shape index (κ2) is 8.03. The molecule has 3 rings (SSSR count). The number of ether oxygens (including phenoxy) is 1. The van der Waals surface area contributed by atoms with Crippen LogP contribution in [0.1, 0.15) is 16.1 Å². The Morgan fingerprint density at radius 2 is 1.92 bits per heavy atom. The first-order chi connectivity index (χ1) is 12.6. The third kappa shape index (κ3) is 3.87. The molecule has 1 aromatic heterocycles. The Hall–Kier alpha value is -2.83. The Kier molecular flexibility index (Phi) is 5.55. The van der Waals surface area contributed by atoms with E-state index >= 15 is 0 Å². The normalized spacial score (nSPS) is 10.7. The number of aromatic amines is 1. The van der Waals surface area contributed by atoms with E-state index in [1.54, 1.807) is 49.6 Å². The standard InChI is InChI=1S/C19H18ClN3O3/c1-26-10-9-21-19(25)23-16-14-8-7-13(20)11-15(14)22-17(16)18(24)12-5-3-2-4-6-12/h2-8,11,22H,9-10H2,1H3,(H2,21,23,25). The summed E-state index contributed by atoms with van der Waals surface area (Å²) in [6.07, 6.45) is 0. The summed E-state index contributed by atoms with van der Waals surface area (Å²) in [7, 11) is 1.56. The largest absolute Gasteiger partial charge is 0.383 e.